The summed E-state index contributed by atoms with van der Waals surface area (Å²) in [5.74, 6) is -0.996. The van der Waals surface area contributed by atoms with Crippen LogP contribution in [0.2, 0.25) is 0 Å². The van der Waals surface area contributed by atoms with Crippen LogP contribution in [-0.4, -0.2) is 37.2 Å². The topological polar surface area (TPSA) is 78.9 Å². The first-order chi connectivity index (χ1) is 33.0. The molecule has 0 bridgehead atoms. The quantitative estimate of drug-likeness (QED) is 0.0199. The zero-order chi connectivity index (χ0) is 48.6. The van der Waals surface area contributed by atoms with Crippen molar-refractivity contribution in [1.29, 1.82) is 0 Å². The van der Waals surface area contributed by atoms with Gasteiger partial charge in [-0.05, 0) is 109 Å². The molecule has 0 heterocycles. The van der Waals surface area contributed by atoms with E-state index in [2.05, 4.69) is 130 Å². The number of rotatable bonds is 48. The van der Waals surface area contributed by atoms with Gasteiger partial charge in [0.25, 0.3) is 0 Å². The normalized spacial score (nSPS) is 12.9. The fourth-order valence-corrected chi connectivity index (χ4v) is 7.21. The molecular weight excluding hydrogens is 829 g/mol. The van der Waals surface area contributed by atoms with E-state index in [-0.39, 0.29) is 37.5 Å². The number of allylic oxidation sites excluding steroid dienone is 18. The molecular formula is C61H100O6. The molecule has 0 fully saturated rings. The van der Waals surface area contributed by atoms with Gasteiger partial charge >= 0.3 is 17.9 Å². The lowest BCUT2D eigenvalue weighted by Crippen LogP contribution is -2.30. The van der Waals surface area contributed by atoms with E-state index in [1.165, 1.54) is 77.0 Å². The number of unbranched alkanes of at least 4 members (excludes halogenated alkanes) is 20. The van der Waals surface area contributed by atoms with E-state index in [4.69, 9.17) is 14.2 Å². The molecule has 6 heteroatoms. The van der Waals surface area contributed by atoms with E-state index in [1.807, 2.05) is 0 Å². The van der Waals surface area contributed by atoms with E-state index in [0.29, 0.717) is 19.3 Å². The molecule has 0 radical (unpaired) electrons. The summed E-state index contributed by atoms with van der Waals surface area (Å²) in [5.41, 5.74) is 0. The van der Waals surface area contributed by atoms with Gasteiger partial charge < -0.3 is 14.2 Å². The van der Waals surface area contributed by atoms with Crippen LogP contribution in [-0.2, 0) is 28.6 Å². The lowest BCUT2D eigenvalue weighted by atomic mass is 10.1. The fraction of sp³-hybridized carbons (Fsp3) is 0.656. The largest absolute Gasteiger partial charge is 0.462 e. The second-order valence-corrected chi connectivity index (χ2v) is 17.8. The van der Waals surface area contributed by atoms with Crippen LogP contribution in [0.4, 0.5) is 0 Å². The van der Waals surface area contributed by atoms with E-state index in [1.54, 1.807) is 0 Å². The van der Waals surface area contributed by atoms with Gasteiger partial charge in [0, 0.05) is 19.3 Å². The molecule has 0 aliphatic rings. The Morgan fingerprint density at radius 3 is 1.04 bits per heavy atom. The average molecular weight is 929 g/mol. The number of carbonyl (C=O) groups is 3. The molecule has 0 N–H and O–H groups in total. The molecule has 0 amide bonds. The first-order valence-corrected chi connectivity index (χ1v) is 27.4. The minimum Gasteiger partial charge on any atom is -0.462 e. The van der Waals surface area contributed by atoms with E-state index < -0.39 is 6.10 Å². The minimum atomic E-state index is -0.819. The van der Waals surface area contributed by atoms with Crippen LogP contribution < -0.4 is 0 Å². The number of hydrogen-bond donors (Lipinski definition) is 0. The van der Waals surface area contributed by atoms with Crippen LogP contribution in [0, 0.1) is 0 Å². The summed E-state index contributed by atoms with van der Waals surface area (Å²) in [6.07, 6.45) is 73.7. The second kappa shape index (κ2) is 54.7. The summed E-state index contributed by atoms with van der Waals surface area (Å²) in [4.78, 5) is 38.1. The molecule has 0 saturated carbocycles. The molecule has 0 aromatic rings. The predicted octanol–water partition coefficient (Wildman–Crippen LogP) is 18.3. The van der Waals surface area contributed by atoms with E-state index in [0.717, 1.165) is 116 Å². The zero-order valence-corrected chi connectivity index (χ0v) is 43.4. The second-order valence-electron chi connectivity index (χ2n) is 17.8. The van der Waals surface area contributed by atoms with Gasteiger partial charge in [-0.25, -0.2) is 0 Å². The van der Waals surface area contributed by atoms with Crippen molar-refractivity contribution in [3.05, 3.63) is 109 Å². The van der Waals surface area contributed by atoms with Crippen molar-refractivity contribution >= 4 is 17.9 Å². The van der Waals surface area contributed by atoms with Crippen LogP contribution in [0.15, 0.2) is 109 Å². The van der Waals surface area contributed by atoms with Crippen molar-refractivity contribution < 1.29 is 28.6 Å². The third-order valence-electron chi connectivity index (χ3n) is 11.3. The molecule has 67 heavy (non-hydrogen) atoms. The number of hydrogen-bond acceptors (Lipinski definition) is 6. The first kappa shape index (κ1) is 63.1. The predicted molar refractivity (Wildman–Crippen MR) is 288 cm³/mol. The van der Waals surface area contributed by atoms with Gasteiger partial charge in [-0.1, -0.05) is 220 Å². The zero-order valence-electron chi connectivity index (χ0n) is 43.4. The Balaban J connectivity index is 4.52. The van der Waals surface area contributed by atoms with Crippen molar-refractivity contribution in [3.8, 4) is 0 Å². The van der Waals surface area contributed by atoms with Crippen LogP contribution in [0.25, 0.3) is 0 Å². The van der Waals surface area contributed by atoms with Gasteiger partial charge in [-0.15, -0.1) is 0 Å². The summed E-state index contributed by atoms with van der Waals surface area (Å²) < 4.78 is 16.8. The standard InChI is InChI=1S/C61H100O6/c1-4-7-10-13-16-19-22-25-28-30-32-33-36-39-42-45-48-51-54-60(63)66-57-58(56-65-59(62)53-50-47-44-41-38-35-27-24-21-18-15-12-9-6-3)67-61(64)55-52-49-46-43-40-37-34-31-29-26-23-20-17-14-11-8-5-2/h8-9,11-12,17-18,20-21,26,28-30,32-34,37,43,46,58H,4-7,10,13-16,19,22-25,27,31,35-36,38-42,44-45,47-57H2,1-3H3/b11-8-,12-9-,20-17-,21-18-,29-26-,30-28-,33-32-,37-34-,46-43-. The average Bonchev–Trinajstić information content (AvgIpc) is 3.33. The van der Waals surface area contributed by atoms with E-state index in [9.17, 15) is 14.4 Å². The molecule has 0 spiro atoms. The Morgan fingerprint density at radius 2 is 0.642 bits per heavy atom. The highest BCUT2D eigenvalue weighted by atomic mass is 16.6. The van der Waals surface area contributed by atoms with Gasteiger partial charge in [0.2, 0.25) is 0 Å². The van der Waals surface area contributed by atoms with Crippen molar-refractivity contribution in [2.45, 2.75) is 245 Å². The first-order valence-electron chi connectivity index (χ1n) is 27.4. The fourth-order valence-electron chi connectivity index (χ4n) is 7.21. The van der Waals surface area contributed by atoms with Crippen LogP contribution in [0.3, 0.4) is 0 Å². The van der Waals surface area contributed by atoms with Crippen LogP contribution in [0.1, 0.15) is 239 Å². The lowest BCUT2D eigenvalue weighted by Gasteiger charge is -2.18. The smallest absolute Gasteiger partial charge is 0.306 e. The van der Waals surface area contributed by atoms with Crippen molar-refractivity contribution in [2.24, 2.45) is 0 Å². The highest BCUT2D eigenvalue weighted by Gasteiger charge is 2.19. The molecule has 6 nitrogen and oxygen atoms in total. The van der Waals surface area contributed by atoms with Crippen LogP contribution >= 0.6 is 0 Å². The number of esters is 3. The molecule has 0 aromatic carbocycles. The maximum atomic E-state index is 12.8. The molecule has 0 aliphatic carbocycles. The SMILES string of the molecule is CC/C=C\C/C=C\C/C=C\C/C=C\C/C=C\CCCC(=O)OC(COC(=O)CCCCCCC/C=C\C=C/CCCCCCCCC)COC(=O)CCCCCCCCC/C=C\C/C=C\CC. The third kappa shape index (κ3) is 52.9. The van der Waals surface area contributed by atoms with Crippen molar-refractivity contribution in [3.63, 3.8) is 0 Å². The Bertz CT molecular complexity index is 1390. The highest BCUT2D eigenvalue weighted by molar-refractivity contribution is 5.71. The number of carbonyl (C=O) groups excluding carboxylic acids is 3. The Hall–Kier alpha value is -3.93. The Morgan fingerprint density at radius 1 is 0.328 bits per heavy atom. The molecule has 0 saturated heterocycles. The third-order valence-corrected chi connectivity index (χ3v) is 11.3. The maximum absolute atomic E-state index is 12.8. The van der Waals surface area contributed by atoms with Crippen molar-refractivity contribution in [1.82, 2.24) is 0 Å². The van der Waals surface area contributed by atoms with Crippen molar-refractivity contribution in [2.75, 3.05) is 13.2 Å². The Labute approximate surface area is 412 Å². The summed E-state index contributed by atoms with van der Waals surface area (Å²) in [6.45, 7) is 6.34. The van der Waals surface area contributed by atoms with Gasteiger partial charge in [-0.2, -0.15) is 0 Å². The van der Waals surface area contributed by atoms with Crippen LogP contribution in [0.5, 0.6) is 0 Å². The lowest BCUT2D eigenvalue weighted by molar-refractivity contribution is -0.167. The summed E-state index contributed by atoms with van der Waals surface area (Å²) in [7, 11) is 0. The molecule has 1 unspecified atom stereocenters. The minimum absolute atomic E-state index is 0.112. The van der Waals surface area contributed by atoms with Gasteiger partial charge in [0.1, 0.15) is 13.2 Å². The molecule has 380 valence electrons. The molecule has 1 atom stereocenters. The Kier molecular flexibility index (Phi) is 51.5. The number of ether oxygens (including phenoxy) is 3. The highest BCUT2D eigenvalue weighted by Crippen LogP contribution is 2.13. The summed E-state index contributed by atoms with van der Waals surface area (Å²) in [5, 5.41) is 0. The van der Waals surface area contributed by atoms with Gasteiger partial charge in [-0.3, -0.25) is 14.4 Å². The van der Waals surface area contributed by atoms with E-state index >= 15 is 0 Å². The summed E-state index contributed by atoms with van der Waals surface area (Å²) >= 11 is 0. The molecule has 0 aromatic heterocycles. The molecule has 0 aliphatic heterocycles. The molecule has 0 rings (SSSR count). The van der Waals surface area contributed by atoms with Gasteiger partial charge in [0.05, 0.1) is 0 Å². The van der Waals surface area contributed by atoms with Gasteiger partial charge in [0.15, 0.2) is 6.10 Å². The monoisotopic (exact) mass is 929 g/mol. The maximum Gasteiger partial charge on any atom is 0.306 e. The summed E-state index contributed by atoms with van der Waals surface area (Å²) in [6, 6.07) is 0.